The highest BCUT2D eigenvalue weighted by atomic mass is 19.4. The molecule has 0 amide bonds. The Balaban J connectivity index is 3.09. The SMILES string of the molecule is [2H]c1c([2H])c([2H])c(C([2H])(Oc2c([2H])c([2H])c(C(F)(F)F)c([2H])c2[2H])C([2H])([2H])C([2H])([2H])[NH2+]C([2H])([2H])[2H])c([2H])c1[2H]. The molecule has 22 heavy (non-hydrogen) atoms. The van der Waals surface area contributed by atoms with Crippen molar-refractivity contribution < 1.29 is 46.5 Å². The Morgan fingerprint density at radius 3 is 2.50 bits per heavy atom. The molecular weight excluding hydrogens is 291 g/mol. The van der Waals surface area contributed by atoms with Gasteiger partial charge in [-0.15, -0.1) is 0 Å². The van der Waals surface area contributed by atoms with E-state index in [4.69, 9.17) is 28.0 Å². The van der Waals surface area contributed by atoms with E-state index in [1.165, 1.54) is 0 Å². The fourth-order valence-corrected chi connectivity index (χ4v) is 1.20. The van der Waals surface area contributed by atoms with E-state index in [2.05, 4.69) is 0 Å². The summed E-state index contributed by atoms with van der Waals surface area (Å²) in [4.78, 5) is 0. The molecule has 0 bridgehead atoms. The van der Waals surface area contributed by atoms with Gasteiger partial charge in [0.2, 0.25) is 0 Å². The van der Waals surface area contributed by atoms with Crippen LogP contribution < -0.4 is 10.1 Å². The largest absolute Gasteiger partial charge is 0.486 e. The minimum Gasteiger partial charge on any atom is -0.486 e. The van der Waals surface area contributed by atoms with Gasteiger partial charge in [-0.25, -0.2) is 0 Å². The summed E-state index contributed by atoms with van der Waals surface area (Å²) in [5, 5.41) is -0.191. The number of ether oxygens (including phenoxy) is 1. The smallest absolute Gasteiger partial charge is 0.416 e. The summed E-state index contributed by atoms with van der Waals surface area (Å²) in [7, 11) is 0. The molecule has 2 aromatic rings. The van der Waals surface area contributed by atoms with Gasteiger partial charge >= 0.3 is 6.18 Å². The van der Waals surface area contributed by atoms with Crippen LogP contribution in [0.5, 0.6) is 5.75 Å². The molecule has 0 aliphatic heterocycles. The molecule has 0 spiro atoms. The highest BCUT2D eigenvalue weighted by Crippen LogP contribution is 2.31. The summed E-state index contributed by atoms with van der Waals surface area (Å²) in [6, 6.07) is -12.9. The van der Waals surface area contributed by atoms with E-state index in [0.29, 0.717) is 0 Å². The van der Waals surface area contributed by atoms with E-state index in [1.54, 1.807) is 0 Å². The molecule has 0 aliphatic carbocycles. The Labute approximate surface area is 151 Å². The molecule has 2 N–H and O–H groups in total. The van der Waals surface area contributed by atoms with Crippen molar-refractivity contribution in [2.75, 3.05) is 13.5 Å². The Bertz CT molecular complexity index is 1250. The van der Waals surface area contributed by atoms with Gasteiger partial charge in [0.05, 0.1) is 39.6 Å². The van der Waals surface area contributed by atoms with Gasteiger partial charge in [-0.05, 0) is 29.7 Å². The van der Waals surface area contributed by atoms with Crippen molar-refractivity contribution in [1.29, 1.82) is 0 Å². The van der Waals surface area contributed by atoms with Crippen molar-refractivity contribution in [2.45, 2.75) is 18.6 Å². The van der Waals surface area contributed by atoms with Crippen LogP contribution in [0.4, 0.5) is 13.2 Å². The first-order valence-corrected chi connectivity index (χ1v) is 5.55. The predicted octanol–water partition coefficient (Wildman–Crippen LogP) is 3.41. The van der Waals surface area contributed by atoms with Gasteiger partial charge in [-0.2, -0.15) is 13.2 Å². The van der Waals surface area contributed by atoms with Gasteiger partial charge in [-0.1, -0.05) is 30.2 Å². The van der Waals surface area contributed by atoms with Crippen LogP contribution >= 0.6 is 0 Å². The first-order valence-electron chi connectivity index (χ1n) is 14.1. The van der Waals surface area contributed by atoms with E-state index >= 15 is 0 Å². The zero-order valence-corrected chi connectivity index (χ0v) is 10.6. The Morgan fingerprint density at radius 2 is 1.91 bits per heavy atom. The highest BCUT2D eigenvalue weighted by molar-refractivity contribution is 5.30. The van der Waals surface area contributed by atoms with Crippen molar-refractivity contribution >= 4 is 0 Å². The second kappa shape index (κ2) is 7.31. The summed E-state index contributed by atoms with van der Waals surface area (Å²) >= 11 is 0. The van der Waals surface area contributed by atoms with E-state index in [9.17, 15) is 13.2 Å². The molecule has 2 nitrogen and oxygen atoms in total. The molecule has 2 aromatic carbocycles. The van der Waals surface area contributed by atoms with Crippen LogP contribution in [0.15, 0.2) is 54.4 Å². The van der Waals surface area contributed by atoms with Crippen molar-refractivity contribution in [2.24, 2.45) is 0 Å². The van der Waals surface area contributed by atoms with E-state index < -0.39 is 103 Å². The molecular formula is C17H19F3NO+. The van der Waals surface area contributed by atoms with Crippen LogP contribution in [0, 0.1) is 0 Å². The third-order valence-electron chi connectivity index (χ3n) is 2.07. The van der Waals surface area contributed by atoms with Gasteiger partial charge in [0.15, 0.2) is 0 Å². The first-order chi connectivity index (χ1) is 17.2. The standard InChI is InChI=1S/C17H18F3NO/c1-21-12-11-16(13-5-3-2-4-6-13)22-15-9-7-14(8-10-15)17(18,19)20/h2-10,16,21H,11-12H2,1H3/p+1/i1D3,2D,3D,4D,5D,6D,7D,8D,9D,10D,11D2,12D2,16D. The lowest BCUT2D eigenvalue weighted by atomic mass is 10.1. The maximum atomic E-state index is 13.4. The molecule has 1 unspecified atom stereocenters. The number of hydrogen-bond acceptors (Lipinski definition) is 1. The first kappa shape index (κ1) is 4.99. The predicted molar refractivity (Wildman–Crippen MR) is 78.6 cm³/mol. The average molecular weight is 327 g/mol. The maximum absolute atomic E-state index is 13.4. The lowest BCUT2D eigenvalue weighted by Crippen LogP contribution is -2.79. The Hall–Kier alpha value is -2.01. The average Bonchev–Trinajstić information content (AvgIpc) is 2.75. The number of halogens is 3. The topological polar surface area (TPSA) is 25.8 Å². The van der Waals surface area contributed by atoms with Gasteiger partial charge in [0, 0.05) is 9.11 Å². The number of quaternary nitrogens is 1. The molecule has 0 radical (unpaired) electrons. The summed E-state index contributed by atoms with van der Waals surface area (Å²) < 4.78 is 180. The highest BCUT2D eigenvalue weighted by Gasteiger charge is 2.30. The maximum Gasteiger partial charge on any atom is 0.416 e. The molecule has 0 saturated carbocycles. The van der Waals surface area contributed by atoms with Crippen LogP contribution in [-0.4, -0.2) is 13.5 Å². The minimum absolute atomic E-state index is 0.191. The van der Waals surface area contributed by atoms with Gasteiger partial charge < -0.3 is 10.1 Å². The minimum atomic E-state index is -5.41. The fourth-order valence-electron chi connectivity index (χ4n) is 1.20. The zero-order chi connectivity index (χ0) is 30.8. The second-order valence-corrected chi connectivity index (χ2v) is 3.55. The lowest BCUT2D eigenvalue weighted by molar-refractivity contribution is -0.628. The van der Waals surface area contributed by atoms with Crippen molar-refractivity contribution in [3.63, 3.8) is 0 Å². The number of hydrogen-bond donors (Lipinski definition) is 1. The van der Waals surface area contributed by atoms with Gasteiger partial charge in [0.25, 0.3) is 0 Å². The van der Waals surface area contributed by atoms with Crippen LogP contribution in [0.3, 0.4) is 0 Å². The number of nitrogens with two attached hydrogens (primary N) is 1. The molecule has 0 aromatic heterocycles. The summed E-state index contributed by atoms with van der Waals surface area (Å²) in [5.41, 5.74) is -3.52. The van der Waals surface area contributed by atoms with Crippen LogP contribution in [0.2, 0.25) is 0 Å². The number of rotatable bonds is 6. The Kier molecular flexibility index (Phi) is 1.66. The second-order valence-electron chi connectivity index (χ2n) is 3.55. The van der Waals surface area contributed by atoms with E-state index in [1.807, 2.05) is 0 Å². The molecule has 0 heterocycles. The summed E-state index contributed by atoms with van der Waals surface area (Å²) in [6.07, 6.45) is -13.5. The van der Waals surface area contributed by atoms with Gasteiger partial charge in [0.1, 0.15) is 11.8 Å². The quantitative estimate of drug-likeness (QED) is 0.864. The zero-order valence-electron chi connectivity index (χ0n) is 27.6. The molecule has 2 rings (SSSR count). The van der Waals surface area contributed by atoms with E-state index in [0.717, 1.165) is 0 Å². The molecule has 5 heteroatoms. The molecule has 0 saturated heterocycles. The third-order valence-corrected chi connectivity index (χ3v) is 2.07. The van der Waals surface area contributed by atoms with Crippen molar-refractivity contribution in [3.05, 3.63) is 65.5 Å². The van der Waals surface area contributed by atoms with Crippen LogP contribution in [0.25, 0.3) is 0 Å². The summed E-state index contributed by atoms with van der Waals surface area (Å²) in [5.74, 6) is -1.56. The van der Waals surface area contributed by atoms with Gasteiger partial charge in [-0.3, -0.25) is 0 Å². The molecule has 0 aliphatic rings. The van der Waals surface area contributed by atoms with E-state index in [-0.39, 0.29) is 5.32 Å². The third kappa shape index (κ3) is 4.49. The normalized spacial score (nSPS) is 27.3. The molecule has 0 fully saturated rings. The number of alkyl halides is 3. The van der Waals surface area contributed by atoms with Crippen molar-refractivity contribution in [1.82, 2.24) is 0 Å². The van der Waals surface area contributed by atoms with Crippen LogP contribution in [-0.2, 0) is 6.18 Å². The van der Waals surface area contributed by atoms with Crippen LogP contribution in [0.1, 0.15) is 46.9 Å². The molecule has 1 atom stereocenters. The number of benzene rings is 2. The fraction of sp³-hybridized carbons (Fsp3) is 0.294. The summed E-state index contributed by atoms with van der Waals surface area (Å²) in [6.45, 7) is -7.09. The lowest BCUT2D eigenvalue weighted by Gasteiger charge is -2.19. The van der Waals surface area contributed by atoms with Crippen molar-refractivity contribution in [3.8, 4) is 5.75 Å². The Morgan fingerprint density at radius 1 is 1.23 bits per heavy atom. The molecule has 118 valence electrons. The monoisotopic (exact) mass is 327 g/mol.